The lowest BCUT2D eigenvalue weighted by Crippen LogP contribution is -2.44. The first kappa shape index (κ1) is 23.4. The van der Waals surface area contributed by atoms with Gasteiger partial charge in [0.1, 0.15) is 5.75 Å². The molecule has 0 radical (unpaired) electrons. The van der Waals surface area contributed by atoms with E-state index in [0.717, 1.165) is 31.4 Å². The predicted molar refractivity (Wildman–Crippen MR) is 120 cm³/mol. The van der Waals surface area contributed by atoms with Gasteiger partial charge in [-0.1, -0.05) is 38.8 Å². The molecule has 2 rings (SSSR count). The summed E-state index contributed by atoms with van der Waals surface area (Å²) in [6, 6.07) is 7.37. The highest BCUT2D eigenvalue weighted by molar-refractivity contribution is 6.74. The second-order valence-corrected chi connectivity index (χ2v) is 13.7. The van der Waals surface area contributed by atoms with Gasteiger partial charge in [-0.2, -0.15) is 0 Å². The third-order valence-corrected chi connectivity index (χ3v) is 9.83. The molecule has 5 heteroatoms. The minimum absolute atomic E-state index is 0.0518. The van der Waals surface area contributed by atoms with E-state index in [1.54, 1.807) is 6.07 Å². The van der Waals surface area contributed by atoms with Crippen molar-refractivity contribution < 1.29 is 18.7 Å². The number of benzene rings is 1. The van der Waals surface area contributed by atoms with Crippen LogP contribution in [0.4, 0.5) is 0 Å². The van der Waals surface area contributed by atoms with E-state index in [2.05, 4.69) is 45.7 Å². The Kier molecular flexibility index (Phi) is 8.27. The van der Waals surface area contributed by atoms with Gasteiger partial charge in [0.25, 0.3) is 8.32 Å². The molecule has 0 aromatic heterocycles. The maximum atomic E-state index is 12.7. The first-order valence-corrected chi connectivity index (χ1v) is 13.3. The van der Waals surface area contributed by atoms with Gasteiger partial charge in [-0.3, -0.25) is 4.79 Å². The van der Waals surface area contributed by atoms with Crippen molar-refractivity contribution in [2.24, 2.45) is 0 Å². The van der Waals surface area contributed by atoms with Crippen LogP contribution in [0.5, 0.6) is 5.75 Å². The summed E-state index contributed by atoms with van der Waals surface area (Å²) < 4.78 is 17.6. The fraction of sp³-hybridized carbons (Fsp3) is 0.542. The summed E-state index contributed by atoms with van der Waals surface area (Å²) in [6.07, 6.45) is 4.93. The van der Waals surface area contributed by atoms with Crippen molar-refractivity contribution in [2.75, 3.05) is 13.2 Å². The Morgan fingerprint density at radius 1 is 1.24 bits per heavy atom. The average molecular weight is 415 g/mol. The summed E-state index contributed by atoms with van der Waals surface area (Å²) in [4.78, 5) is 12.7. The SMILES string of the molecule is C/C(C#CC(=O)c1ccccc1O[Si](C)(C)C(C)(C)C)=C\COC1CCCCO1. The normalized spacial score (nSPS) is 18.0. The van der Waals surface area contributed by atoms with E-state index in [4.69, 9.17) is 13.9 Å². The van der Waals surface area contributed by atoms with Crippen LogP contribution in [0.25, 0.3) is 0 Å². The predicted octanol–water partition coefficient (Wildman–Crippen LogP) is 5.75. The quantitative estimate of drug-likeness (QED) is 0.257. The van der Waals surface area contributed by atoms with Gasteiger partial charge in [0.15, 0.2) is 6.29 Å². The van der Waals surface area contributed by atoms with Crippen molar-refractivity contribution >= 4 is 14.1 Å². The highest BCUT2D eigenvalue weighted by Gasteiger charge is 2.39. The molecule has 1 atom stereocenters. The Morgan fingerprint density at radius 2 is 1.97 bits per heavy atom. The zero-order valence-corrected chi connectivity index (χ0v) is 19.6. The third-order valence-electron chi connectivity index (χ3n) is 5.49. The molecular weight excluding hydrogens is 380 g/mol. The summed E-state index contributed by atoms with van der Waals surface area (Å²) in [6.45, 7) is 14.0. The minimum Gasteiger partial charge on any atom is -0.543 e. The van der Waals surface area contributed by atoms with Gasteiger partial charge in [0.05, 0.1) is 12.2 Å². The van der Waals surface area contributed by atoms with Crippen LogP contribution in [-0.4, -0.2) is 33.6 Å². The molecule has 1 heterocycles. The number of carbonyl (C=O) groups excluding carboxylic acids is 1. The number of hydrogen-bond acceptors (Lipinski definition) is 4. The standard InChI is InChI=1S/C24H34O4Si/c1-19(16-18-27-23-13-9-10-17-26-23)14-15-21(25)20-11-7-8-12-22(20)28-29(5,6)24(2,3)4/h7-8,11-12,16,23H,9-10,13,17-18H2,1-6H3/b19-16+. The van der Waals surface area contributed by atoms with Gasteiger partial charge in [-0.15, -0.1) is 0 Å². The molecule has 158 valence electrons. The number of hydrogen-bond donors (Lipinski definition) is 0. The topological polar surface area (TPSA) is 44.8 Å². The molecule has 0 aliphatic carbocycles. The Labute approximate surface area is 176 Å². The van der Waals surface area contributed by atoms with E-state index in [1.807, 2.05) is 31.2 Å². The Balaban J connectivity index is 2.03. The fourth-order valence-corrected chi connectivity index (χ4v) is 3.60. The maximum absolute atomic E-state index is 12.7. The smallest absolute Gasteiger partial charge is 0.250 e. The van der Waals surface area contributed by atoms with E-state index >= 15 is 0 Å². The number of Topliss-reactive ketones (excluding diaryl/α,β-unsaturated/α-hetero) is 1. The Hall–Kier alpha value is -1.87. The Bertz CT molecular complexity index is 787. The summed E-state index contributed by atoms with van der Waals surface area (Å²) >= 11 is 0. The first-order chi connectivity index (χ1) is 13.6. The van der Waals surface area contributed by atoms with Gasteiger partial charge < -0.3 is 13.9 Å². The average Bonchev–Trinajstić information content (AvgIpc) is 2.66. The monoisotopic (exact) mass is 414 g/mol. The van der Waals surface area contributed by atoms with E-state index in [-0.39, 0.29) is 17.1 Å². The van der Waals surface area contributed by atoms with Crippen LogP contribution in [0.2, 0.25) is 18.1 Å². The van der Waals surface area contributed by atoms with Gasteiger partial charge in [0.2, 0.25) is 5.78 Å². The molecule has 1 fully saturated rings. The molecule has 4 nitrogen and oxygen atoms in total. The highest BCUT2D eigenvalue weighted by atomic mass is 28.4. The summed E-state index contributed by atoms with van der Waals surface area (Å²) in [5.74, 6) is 6.07. The molecule has 1 aliphatic rings. The van der Waals surface area contributed by atoms with Gasteiger partial charge in [0, 0.05) is 6.61 Å². The molecule has 1 unspecified atom stereocenters. The largest absolute Gasteiger partial charge is 0.543 e. The van der Waals surface area contributed by atoms with Crippen LogP contribution in [-0.2, 0) is 9.47 Å². The van der Waals surface area contributed by atoms with Crippen LogP contribution < -0.4 is 4.43 Å². The lowest BCUT2D eigenvalue weighted by atomic mass is 10.1. The number of ether oxygens (including phenoxy) is 2. The van der Waals surface area contributed by atoms with Crippen molar-refractivity contribution in [3.05, 3.63) is 41.5 Å². The number of rotatable bonds is 6. The molecule has 0 spiro atoms. The van der Waals surface area contributed by atoms with Crippen LogP contribution in [0.3, 0.4) is 0 Å². The molecule has 1 aliphatic heterocycles. The number of para-hydroxylation sites is 1. The number of carbonyl (C=O) groups is 1. The van der Waals surface area contributed by atoms with Crippen LogP contribution in [0.15, 0.2) is 35.9 Å². The summed E-state index contributed by atoms with van der Waals surface area (Å²) in [7, 11) is -2.04. The van der Waals surface area contributed by atoms with Crippen molar-refractivity contribution in [1.82, 2.24) is 0 Å². The van der Waals surface area contributed by atoms with E-state index in [0.29, 0.717) is 17.9 Å². The summed E-state index contributed by atoms with van der Waals surface area (Å²) in [5.41, 5.74) is 1.32. The molecule has 0 saturated carbocycles. The summed E-state index contributed by atoms with van der Waals surface area (Å²) in [5, 5.41) is 0.0518. The van der Waals surface area contributed by atoms with Crippen LogP contribution >= 0.6 is 0 Å². The molecular formula is C24H34O4Si. The lowest BCUT2D eigenvalue weighted by molar-refractivity contribution is -0.155. The van der Waals surface area contributed by atoms with Crippen molar-refractivity contribution in [3.8, 4) is 17.6 Å². The van der Waals surface area contributed by atoms with Crippen molar-refractivity contribution in [2.45, 2.75) is 71.4 Å². The zero-order valence-electron chi connectivity index (χ0n) is 18.6. The molecule has 0 bridgehead atoms. The zero-order chi connectivity index (χ0) is 21.5. The van der Waals surface area contributed by atoms with Gasteiger partial charge in [-0.25, -0.2) is 0 Å². The van der Waals surface area contributed by atoms with Crippen LogP contribution in [0.1, 0.15) is 57.3 Å². The second kappa shape index (κ2) is 10.2. The molecule has 29 heavy (non-hydrogen) atoms. The maximum Gasteiger partial charge on any atom is 0.250 e. The van der Waals surface area contributed by atoms with Gasteiger partial charge >= 0.3 is 0 Å². The minimum atomic E-state index is -2.04. The number of allylic oxidation sites excluding steroid dienone is 1. The Morgan fingerprint density at radius 3 is 2.62 bits per heavy atom. The highest BCUT2D eigenvalue weighted by Crippen LogP contribution is 2.38. The number of ketones is 1. The van der Waals surface area contributed by atoms with Crippen molar-refractivity contribution in [1.29, 1.82) is 0 Å². The second-order valence-electron chi connectivity index (χ2n) is 8.95. The van der Waals surface area contributed by atoms with E-state index in [1.165, 1.54) is 0 Å². The van der Waals surface area contributed by atoms with Crippen LogP contribution in [0, 0.1) is 11.8 Å². The lowest BCUT2D eigenvalue weighted by Gasteiger charge is -2.36. The molecule has 0 N–H and O–H groups in total. The molecule has 0 amide bonds. The van der Waals surface area contributed by atoms with Crippen molar-refractivity contribution in [3.63, 3.8) is 0 Å². The molecule has 1 aromatic rings. The first-order valence-electron chi connectivity index (χ1n) is 10.3. The third kappa shape index (κ3) is 7.15. The van der Waals surface area contributed by atoms with Gasteiger partial charge in [-0.05, 0) is 74.0 Å². The van der Waals surface area contributed by atoms with E-state index < -0.39 is 8.32 Å². The molecule has 1 saturated heterocycles. The fourth-order valence-electron chi connectivity index (χ4n) is 2.57. The molecule has 1 aromatic carbocycles. The van der Waals surface area contributed by atoms with E-state index in [9.17, 15) is 4.79 Å².